The molecule has 7 nitrogen and oxygen atoms in total. The normalized spacial score (nSPS) is 23.1. The van der Waals surface area contributed by atoms with Gasteiger partial charge in [-0.3, -0.25) is 9.69 Å². The maximum absolute atomic E-state index is 12.9. The highest BCUT2D eigenvalue weighted by atomic mass is 79.9. The van der Waals surface area contributed by atoms with Crippen molar-refractivity contribution in [2.45, 2.75) is 42.7 Å². The Bertz CT molecular complexity index is 847. The number of rotatable bonds is 4. The van der Waals surface area contributed by atoms with Gasteiger partial charge in [0, 0.05) is 29.6 Å². The highest BCUT2D eigenvalue weighted by Gasteiger charge is 2.47. The van der Waals surface area contributed by atoms with Crippen molar-refractivity contribution in [3.05, 3.63) is 28.7 Å². The second-order valence-corrected chi connectivity index (χ2v) is 9.73. The monoisotopic (exact) mass is 441 g/mol. The van der Waals surface area contributed by atoms with Crippen molar-refractivity contribution in [2.24, 2.45) is 0 Å². The maximum Gasteiger partial charge on any atom is 0.327 e. The predicted octanol–water partition coefficient (Wildman–Crippen LogP) is 2.03. The molecule has 3 aliphatic rings. The Morgan fingerprint density at radius 1 is 0.962 bits per heavy atom. The van der Waals surface area contributed by atoms with E-state index in [0.717, 1.165) is 12.8 Å². The van der Waals surface area contributed by atoms with Crippen LogP contribution in [0, 0.1) is 0 Å². The first kappa shape index (κ1) is 17.9. The highest BCUT2D eigenvalue weighted by Crippen LogP contribution is 2.33. The molecule has 9 heteroatoms. The zero-order chi connectivity index (χ0) is 18.5. The van der Waals surface area contributed by atoms with Gasteiger partial charge in [-0.1, -0.05) is 12.1 Å². The van der Waals surface area contributed by atoms with Crippen LogP contribution in [0.25, 0.3) is 0 Å². The minimum atomic E-state index is -3.57. The van der Waals surface area contributed by atoms with Crippen LogP contribution in [-0.2, 0) is 14.8 Å². The molecule has 0 atom stereocenters. The molecule has 3 fully saturated rings. The Morgan fingerprint density at radius 2 is 1.62 bits per heavy atom. The van der Waals surface area contributed by atoms with Gasteiger partial charge in [0.15, 0.2) is 0 Å². The molecule has 0 unspecified atom stereocenters. The number of nitrogens with zero attached hydrogens (tertiary/aromatic N) is 3. The van der Waals surface area contributed by atoms with Crippen LogP contribution in [-0.4, -0.2) is 66.2 Å². The number of amides is 3. The lowest BCUT2D eigenvalue weighted by Crippen LogP contribution is -2.48. The molecule has 0 radical (unpaired) electrons. The van der Waals surface area contributed by atoms with Crippen molar-refractivity contribution in [1.29, 1.82) is 0 Å². The number of hydrogen-bond donors (Lipinski definition) is 0. The lowest BCUT2D eigenvalue weighted by molar-refractivity contribution is -0.125. The van der Waals surface area contributed by atoms with Crippen molar-refractivity contribution < 1.29 is 18.0 Å². The summed E-state index contributed by atoms with van der Waals surface area (Å²) in [7, 11) is -3.57. The first-order valence-corrected chi connectivity index (χ1v) is 11.0. The Balaban J connectivity index is 1.44. The number of benzene rings is 1. The van der Waals surface area contributed by atoms with E-state index < -0.39 is 10.0 Å². The Morgan fingerprint density at radius 3 is 2.23 bits per heavy atom. The molecule has 0 aromatic heterocycles. The first-order chi connectivity index (χ1) is 12.4. The summed E-state index contributed by atoms with van der Waals surface area (Å²) in [5.41, 5.74) is 0. The molecule has 2 aliphatic heterocycles. The van der Waals surface area contributed by atoms with E-state index in [1.54, 1.807) is 29.2 Å². The summed E-state index contributed by atoms with van der Waals surface area (Å²) in [5.74, 6) is -0.124. The van der Waals surface area contributed by atoms with E-state index in [1.165, 1.54) is 9.21 Å². The second-order valence-electron chi connectivity index (χ2n) is 6.97. The van der Waals surface area contributed by atoms with Crippen LogP contribution < -0.4 is 0 Å². The van der Waals surface area contributed by atoms with Crippen LogP contribution in [0.5, 0.6) is 0 Å². The van der Waals surface area contributed by atoms with E-state index in [9.17, 15) is 18.0 Å². The lowest BCUT2D eigenvalue weighted by Gasteiger charge is -2.35. The molecule has 1 aromatic carbocycles. The minimum absolute atomic E-state index is 0.0795. The number of halogens is 1. The Hall–Kier alpha value is -1.45. The first-order valence-electron chi connectivity index (χ1n) is 8.77. The van der Waals surface area contributed by atoms with Gasteiger partial charge in [-0.25, -0.2) is 13.2 Å². The van der Waals surface area contributed by atoms with Gasteiger partial charge < -0.3 is 4.90 Å². The van der Waals surface area contributed by atoms with Gasteiger partial charge in [0.2, 0.25) is 10.0 Å². The van der Waals surface area contributed by atoms with Crippen LogP contribution in [0.15, 0.2) is 33.6 Å². The third kappa shape index (κ3) is 3.05. The second kappa shape index (κ2) is 6.61. The molecule has 26 heavy (non-hydrogen) atoms. The van der Waals surface area contributed by atoms with Crippen LogP contribution >= 0.6 is 15.9 Å². The zero-order valence-electron chi connectivity index (χ0n) is 14.2. The summed E-state index contributed by atoms with van der Waals surface area (Å²) in [4.78, 5) is 27.9. The van der Waals surface area contributed by atoms with Crippen molar-refractivity contribution in [3.8, 4) is 0 Å². The largest absolute Gasteiger partial charge is 0.327 e. The van der Waals surface area contributed by atoms with E-state index in [-0.39, 0.29) is 35.5 Å². The summed E-state index contributed by atoms with van der Waals surface area (Å²) in [6.07, 6.45) is 2.88. The summed E-state index contributed by atoms with van der Waals surface area (Å²) in [6, 6.07) is 6.56. The Labute approximate surface area is 161 Å². The van der Waals surface area contributed by atoms with Gasteiger partial charge in [0.05, 0.1) is 4.90 Å². The van der Waals surface area contributed by atoms with Crippen LogP contribution in [0.2, 0.25) is 0 Å². The van der Waals surface area contributed by atoms with Gasteiger partial charge >= 0.3 is 6.03 Å². The van der Waals surface area contributed by atoms with Crippen molar-refractivity contribution >= 4 is 37.9 Å². The van der Waals surface area contributed by atoms with E-state index in [4.69, 9.17) is 0 Å². The summed E-state index contributed by atoms with van der Waals surface area (Å²) in [5, 5.41) is 0. The van der Waals surface area contributed by atoms with E-state index >= 15 is 0 Å². The maximum atomic E-state index is 12.9. The van der Waals surface area contributed by atoms with Gasteiger partial charge in [0.1, 0.15) is 6.54 Å². The molecule has 4 rings (SSSR count). The molecule has 1 saturated carbocycles. The van der Waals surface area contributed by atoms with Gasteiger partial charge in [0.25, 0.3) is 5.91 Å². The average molecular weight is 442 g/mol. The Kier molecular flexibility index (Phi) is 4.56. The van der Waals surface area contributed by atoms with Crippen molar-refractivity contribution in [3.63, 3.8) is 0 Å². The smallest absolute Gasteiger partial charge is 0.312 e. The van der Waals surface area contributed by atoms with Gasteiger partial charge in [-0.05, 0) is 53.7 Å². The van der Waals surface area contributed by atoms with Gasteiger partial charge in [-0.2, -0.15) is 4.31 Å². The molecule has 2 heterocycles. The van der Waals surface area contributed by atoms with Crippen LogP contribution in [0.1, 0.15) is 25.7 Å². The number of imide groups is 1. The molecule has 1 aliphatic carbocycles. The van der Waals surface area contributed by atoms with E-state index in [0.29, 0.717) is 30.4 Å². The summed E-state index contributed by atoms with van der Waals surface area (Å²) >= 11 is 3.30. The number of urea groups is 1. The molecule has 0 bridgehead atoms. The number of sulfonamides is 1. The standard InChI is InChI=1S/C17H20BrN3O4S/c18-14-3-1-2-4-15(14)26(24,25)19-9-7-12(8-10-19)20-11-16(22)21(17(20)23)13-5-6-13/h1-4,12-13H,5-11H2. The number of hydrogen-bond acceptors (Lipinski definition) is 4. The quantitative estimate of drug-likeness (QED) is 0.669. The lowest BCUT2D eigenvalue weighted by atomic mass is 10.1. The molecular formula is C17H20BrN3O4S. The minimum Gasteiger partial charge on any atom is -0.312 e. The fraction of sp³-hybridized carbons (Fsp3) is 0.529. The van der Waals surface area contributed by atoms with Crippen molar-refractivity contribution in [1.82, 2.24) is 14.1 Å². The topological polar surface area (TPSA) is 78.0 Å². The van der Waals surface area contributed by atoms with E-state index in [1.807, 2.05) is 0 Å². The molecule has 140 valence electrons. The molecule has 0 spiro atoms. The highest BCUT2D eigenvalue weighted by molar-refractivity contribution is 9.10. The van der Waals surface area contributed by atoms with Crippen LogP contribution in [0.4, 0.5) is 4.79 Å². The third-order valence-corrected chi connectivity index (χ3v) is 8.17. The van der Waals surface area contributed by atoms with Crippen LogP contribution in [0.3, 0.4) is 0 Å². The molecule has 2 saturated heterocycles. The van der Waals surface area contributed by atoms with E-state index in [2.05, 4.69) is 15.9 Å². The molecular weight excluding hydrogens is 422 g/mol. The zero-order valence-corrected chi connectivity index (χ0v) is 16.6. The fourth-order valence-electron chi connectivity index (χ4n) is 3.70. The number of piperidine rings is 1. The number of carbonyl (C=O) groups is 2. The number of carbonyl (C=O) groups excluding carboxylic acids is 2. The predicted molar refractivity (Wildman–Crippen MR) is 97.9 cm³/mol. The fourth-order valence-corrected chi connectivity index (χ4v) is 6.13. The SMILES string of the molecule is O=C1CN(C2CCN(S(=O)(=O)c3ccccc3Br)CC2)C(=O)N1C1CC1. The summed E-state index contributed by atoms with van der Waals surface area (Å²) < 4.78 is 27.7. The molecule has 3 amide bonds. The molecule has 0 N–H and O–H groups in total. The third-order valence-electron chi connectivity index (χ3n) is 5.26. The van der Waals surface area contributed by atoms with Gasteiger partial charge in [-0.15, -0.1) is 0 Å². The summed E-state index contributed by atoms with van der Waals surface area (Å²) in [6.45, 7) is 0.808. The molecule has 1 aromatic rings. The average Bonchev–Trinajstić information content (AvgIpc) is 3.40. The van der Waals surface area contributed by atoms with Crippen molar-refractivity contribution in [2.75, 3.05) is 19.6 Å².